The first-order valence-electron chi connectivity index (χ1n) is 6.16. The van der Waals surface area contributed by atoms with Gasteiger partial charge in [0.2, 0.25) is 5.91 Å². The van der Waals surface area contributed by atoms with Crippen LogP contribution in [0.1, 0.15) is 17.8 Å². The Balaban J connectivity index is 2.22. The molecule has 0 aliphatic heterocycles. The molecule has 0 aliphatic rings. The summed E-state index contributed by atoms with van der Waals surface area (Å²) in [5.74, 6) is 0.372. The van der Waals surface area contributed by atoms with E-state index in [1.165, 1.54) is 0 Å². The number of hydrogen-bond donors (Lipinski definition) is 2. The molecular weight excluding hydrogens is 240 g/mol. The molecule has 19 heavy (non-hydrogen) atoms. The fourth-order valence-electron chi connectivity index (χ4n) is 2.08. The molecule has 100 valence electrons. The number of carbonyl (C=O) groups is 1. The Labute approximate surface area is 112 Å². The number of benzene rings is 1. The molecule has 1 unspecified atom stereocenters. The van der Waals surface area contributed by atoms with E-state index in [4.69, 9.17) is 11.5 Å². The second-order valence-corrected chi connectivity index (χ2v) is 4.62. The number of carbonyl (C=O) groups excluding carboxylic acids is 1. The highest BCUT2D eigenvalue weighted by Gasteiger charge is 2.33. The second-order valence-electron chi connectivity index (χ2n) is 4.62. The molecule has 1 aromatic heterocycles. The maximum absolute atomic E-state index is 11.7. The van der Waals surface area contributed by atoms with E-state index in [9.17, 15) is 4.79 Å². The Morgan fingerprint density at radius 1 is 1.37 bits per heavy atom. The van der Waals surface area contributed by atoms with Crippen LogP contribution in [-0.4, -0.2) is 15.5 Å². The van der Waals surface area contributed by atoms with Gasteiger partial charge in [0.25, 0.3) is 0 Å². The normalized spacial score (nSPS) is 14.0. The number of aromatic nitrogens is 2. The largest absolute Gasteiger partial charge is 0.368 e. The summed E-state index contributed by atoms with van der Waals surface area (Å²) in [4.78, 5) is 15.9. The van der Waals surface area contributed by atoms with E-state index in [0.29, 0.717) is 13.0 Å². The van der Waals surface area contributed by atoms with Gasteiger partial charge in [-0.25, -0.2) is 4.98 Å². The van der Waals surface area contributed by atoms with Crippen LogP contribution < -0.4 is 11.5 Å². The van der Waals surface area contributed by atoms with Crippen LogP contribution in [0.4, 0.5) is 0 Å². The number of primary amides is 1. The van der Waals surface area contributed by atoms with Crippen molar-refractivity contribution < 1.29 is 4.79 Å². The summed E-state index contributed by atoms with van der Waals surface area (Å²) >= 11 is 0. The molecular formula is C14H18N4O. The zero-order chi connectivity index (χ0) is 13.9. The highest BCUT2D eigenvalue weighted by molar-refractivity contribution is 5.85. The molecule has 0 spiro atoms. The molecule has 2 aromatic rings. The number of hydrogen-bond acceptors (Lipinski definition) is 3. The third-order valence-corrected chi connectivity index (χ3v) is 3.40. The predicted molar refractivity (Wildman–Crippen MR) is 73.1 cm³/mol. The Hall–Kier alpha value is -2.14. The number of aryl methyl sites for hydroxylation is 2. The molecule has 0 saturated heterocycles. The van der Waals surface area contributed by atoms with Crippen molar-refractivity contribution in [3.63, 3.8) is 0 Å². The molecule has 0 radical (unpaired) electrons. The first-order valence-corrected chi connectivity index (χ1v) is 6.16. The lowest BCUT2D eigenvalue weighted by Gasteiger charge is -2.26. The van der Waals surface area contributed by atoms with E-state index in [-0.39, 0.29) is 0 Å². The van der Waals surface area contributed by atoms with Gasteiger partial charge in [0, 0.05) is 18.9 Å². The fourth-order valence-corrected chi connectivity index (χ4v) is 2.08. The molecule has 0 saturated carbocycles. The molecule has 5 nitrogen and oxygen atoms in total. The molecule has 0 aliphatic carbocycles. The van der Waals surface area contributed by atoms with Crippen molar-refractivity contribution >= 4 is 5.91 Å². The SMILES string of the molecule is Cc1nccn1CCC(N)(C(N)=O)c1ccccc1. The van der Waals surface area contributed by atoms with E-state index < -0.39 is 11.4 Å². The van der Waals surface area contributed by atoms with Crippen LogP contribution in [-0.2, 0) is 16.9 Å². The topological polar surface area (TPSA) is 86.9 Å². The van der Waals surface area contributed by atoms with Crippen molar-refractivity contribution in [3.8, 4) is 0 Å². The zero-order valence-electron chi connectivity index (χ0n) is 10.9. The van der Waals surface area contributed by atoms with Gasteiger partial charge in [-0.2, -0.15) is 0 Å². The maximum Gasteiger partial charge on any atom is 0.242 e. The Bertz CT molecular complexity index is 564. The van der Waals surface area contributed by atoms with Crippen molar-refractivity contribution in [2.24, 2.45) is 11.5 Å². The highest BCUT2D eigenvalue weighted by atomic mass is 16.1. The molecule has 0 fully saturated rings. The summed E-state index contributed by atoms with van der Waals surface area (Å²) in [6.07, 6.45) is 4.02. The second kappa shape index (κ2) is 5.24. The average molecular weight is 258 g/mol. The maximum atomic E-state index is 11.7. The predicted octanol–water partition coefficient (Wildman–Crippen LogP) is 0.921. The number of nitrogens with two attached hydrogens (primary N) is 2. The molecule has 0 bridgehead atoms. The third-order valence-electron chi connectivity index (χ3n) is 3.40. The van der Waals surface area contributed by atoms with Gasteiger partial charge in [-0.1, -0.05) is 30.3 Å². The molecule has 2 rings (SSSR count). The summed E-state index contributed by atoms with van der Waals surface area (Å²) < 4.78 is 1.95. The number of amides is 1. The van der Waals surface area contributed by atoms with Crippen LogP contribution in [0.15, 0.2) is 42.7 Å². The van der Waals surface area contributed by atoms with E-state index in [1.807, 2.05) is 48.0 Å². The molecule has 5 heteroatoms. The van der Waals surface area contributed by atoms with Gasteiger partial charge >= 0.3 is 0 Å². The number of rotatable bonds is 5. The molecule has 4 N–H and O–H groups in total. The smallest absolute Gasteiger partial charge is 0.242 e. The minimum atomic E-state index is -1.15. The van der Waals surface area contributed by atoms with Crippen LogP contribution in [0.2, 0.25) is 0 Å². The lowest BCUT2D eigenvalue weighted by atomic mass is 9.87. The van der Waals surface area contributed by atoms with Crippen molar-refractivity contribution in [2.75, 3.05) is 0 Å². The molecule has 1 aromatic carbocycles. The van der Waals surface area contributed by atoms with Crippen molar-refractivity contribution in [2.45, 2.75) is 25.4 Å². The summed E-state index contributed by atoms with van der Waals surface area (Å²) in [5.41, 5.74) is 11.3. The van der Waals surface area contributed by atoms with Gasteiger partial charge in [0.05, 0.1) is 0 Å². The van der Waals surface area contributed by atoms with Gasteiger partial charge < -0.3 is 16.0 Å². The summed E-state index contributed by atoms with van der Waals surface area (Å²) in [5, 5.41) is 0. The van der Waals surface area contributed by atoms with Gasteiger partial charge in [-0.15, -0.1) is 0 Å². The van der Waals surface area contributed by atoms with Crippen molar-refractivity contribution in [3.05, 3.63) is 54.1 Å². The third kappa shape index (κ3) is 2.66. The summed E-state index contributed by atoms with van der Waals surface area (Å²) in [6, 6.07) is 9.23. The molecule has 1 amide bonds. The van der Waals surface area contributed by atoms with Crippen LogP contribution in [0.25, 0.3) is 0 Å². The molecule has 1 atom stereocenters. The Morgan fingerprint density at radius 2 is 2.05 bits per heavy atom. The standard InChI is InChI=1S/C14H18N4O/c1-11-17-8-10-18(11)9-7-14(16,13(15)19)12-5-3-2-4-6-12/h2-6,8,10H,7,9,16H2,1H3,(H2,15,19). The first-order chi connectivity index (χ1) is 9.04. The molecule has 1 heterocycles. The average Bonchev–Trinajstić information content (AvgIpc) is 2.82. The van der Waals surface area contributed by atoms with E-state index in [2.05, 4.69) is 4.98 Å². The Kier molecular flexibility index (Phi) is 3.66. The van der Waals surface area contributed by atoms with Gasteiger partial charge in [-0.05, 0) is 18.9 Å². The van der Waals surface area contributed by atoms with Crippen LogP contribution in [0, 0.1) is 6.92 Å². The zero-order valence-corrected chi connectivity index (χ0v) is 10.9. The Morgan fingerprint density at radius 3 is 2.58 bits per heavy atom. The number of imidazole rings is 1. The van der Waals surface area contributed by atoms with Gasteiger partial charge in [0.15, 0.2) is 0 Å². The minimum Gasteiger partial charge on any atom is -0.368 e. The van der Waals surface area contributed by atoms with Gasteiger partial charge in [0.1, 0.15) is 11.4 Å². The van der Waals surface area contributed by atoms with Crippen LogP contribution in [0.3, 0.4) is 0 Å². The monoisotopic (exact) mass is 258 g/mol. The minimum absolute atomic E-state index is 0.434. The van der Waals surface area contributed by atoms with Crippen LogP contribution in [0.5, 0.6) is 0 Å². The van der Waals surface area contributed by atoms with E-state index >= 15 is 0 Å². The van der Waals surface area contributed by atoms with Gasteiger partial charge in [-0.3, -0.25) is 4.79 Å². The van der Waals surface area contributed by atoms with Crippen molar-refractivity contribution in [1.82, 2.24) is 9.55 Å². The summed E-state index contributed by atoms with van der Waals surface area (Å²) in [6.45, 7) is 2.51. The lowest BCUT2D eigenvalue weighted by Crippen LogP contribution is -2.49. The quantitative estimate of drug-likeness (QED) is 0.836. The lowest BCUT2D eigenvalue weighted by molar-refractivity contribution is -0.123. The number of nitrogens with zero attached hydrogens (tertiary/aromatic N) is 2. The highest BCUT2D eigenvalue weighted by Crippen LogP contribution is 2.22. The van der Waals surface area contributed by atoms with E-state index in [1.54, 1.807) is 6.20 Å². The fraction of sp³-hybridized carbons (Fsp3) is 0.286. The van der Waals surface area contributed by atoms with Crippen molar-refractivity contribution in [1.29, 1.82) is 0 Å². The van der Waals surface area contributed by atoms with Crippen LogP contribution >= 0.6 is 0 Å². The van der Waals surface area contributed by atoms with E-state index in [0.717, 1.165) is 11.4 Å². The summed E-state index contributed by atoms with van der Waals surface area (Å²) in [7, 11) is 0. The first kappa shape index (κ1) is 13.3.